The van der Waals surface area contributed by atoms with Gasteiger partial charge in [-0.3, -0.25) is 4.79 Å². The van der Waals surface area contributed by atoms with E-state index < -0.39 is 29.7 Å². The number of benzene rings is 3. The number of nitrogens with zero attached hydrogens (tertiary/aromatic N) is 3. The van der Waals surface area contributed by atoms with E-state index in [1.54, 1.807) is 0 Å². The fourth-order valence-corrected chi connectivity index (χ4v) is 4.07. The molecule has 0 bridgehead atoms. The predicted octanol–water partition coefficient (Wildman–Crippen LogP) is 5.40. The van der Waals surface area contributed by atoms with E-state index in [0.717, 1.165) is 22.8 Å². The van der Waals surface area contributed by atoms with Crippen molar-refractivity contribution in [3.63, 3.8) is 0 Å². The summed E-state index contributed by atoms with van der Waals surface area (Å²) in [7, 11) is 1.52. The molecule has 3 aromatic carbocycles. The summed E-state index contributed by atoms with van der Waals surface area (Å²) >= 11 is 0. The number of carbonyl (C=O) groups is 1. The third-order valence-electron chi connectivity index (χ3n) is 5.90. The number of halogens is 3. The van der Waals surface area contributed by atoms with Gasteiger partial charge in [-0.15, -0.1) is 10.2 Å². The topological polar surface area (TPSA) is 103 Å². The van der Waals surface area contributed by atoms with Crippen molar-refractivity contribution in [1.82, 2.24) is 14.8 Å². The highest BCUT2D eigenvalue weighted by atomic mass is 19.4. The maximum atomic E-state index is 13.9. The minimum Gasteiger partial charge on any atom is -0.488 e. The molecule has 0 aliphatic heterocycles. The van der Waals surface area contributed by atoms with Crippen LogP contribution in [0.1, 0.15) is 30.3 Å². The Morgan fingerprint density at radius 3 is 2.22 bits per heavy atom. The number of alkyl halides is 3. The molecule has 1 heterocycles. The number of ether oxygens (including phenoxy) is 1. The van der Waals surface area contributed by atoms with Crippen molar-refractivity contribution in [2.75, 3.05) is 0 Å². The molecule has 0 saturated heterocycles. The molecule has 4 aromatic rings. The lowest BCUT2D eigenvalue weighted by molar-refractivity contribution is -0.139. The second-order valence-corrected chi connectivity index (χ2v) is 8.95. The second-order valence-electron chi connectivity index (χ2n) is 8.95. The Labute approximate surface area is 211 Å². The van der Waals surface area contributed by atoms with Gasteiger partial charge >= 0.3 is 12.1 Å². The Bertz CT molecular complexity index is 1400. The minimum absolute atomic E-state index is 0.0493. The van der Waals surface area contributed by atoms with E-state index in [1.165, 1.54) is 30.7 Å². The monoisotopic (exact) mass is 510 g/mol. The highest BCUT2D eigenvalue weighted by molar-refractivity contribution is 5.68. The van der Waals surface area contributed by atoms with Crippen LogP contribution in [-0.4, -0.2) is 25.8 Å². The van der Waals surface area contributed by atoms with Gasteiger partial charge in [0.1, 0.15) is 12.4 Å². The third kappa shape index (κ3) is 5.80. The average molecular weight is 511 g/mol. The minimum atomic E-state index is -4.68. The molecule has 10 heteroatoms. The van der Waals surface area contributed by atoms with E-state index in [2.05, 4.69) is 10.2 Å². The molecule has 7 nitrogen and oxygen atoms in total. The van der Waals surface area contributed by atoms with E-state index in [-0.39, 0.29) is 29.6 Å². The standard InChI is InChI=1S/C27H25F3N4O3/c1-26(31,15-23(35)36)25-33-32-24(34(25)2)20-12-13-22(21(14-20)27(28,29)30)37-16-17-8-10-19(11-9-17)18-6-4-3-5-7-18/h3-14H,15-16,31H2,1-2H3,(H,35,36)/t26-/m0/s1. The fourth-order valence-electron chi connectivity index (χ4n) is 4.07. The molecule has 0 saturated carbocycles. The number of hydrogen-bond donors (Lipinski definition) is 2. The van der Waals surface area contributed by atoms with Crippen LogP contribution in [0.15, 0.2) is 72.8 Å². The van der Waals surface area contributed by atoms with Crippen LogP contribution in [0.3, 0.4) is 0 Å². The maximum Gasteiger partial charge on any atom is 0.419 e. The van der Waals surface area contributed by atoms with Gasteiger partial charge in [-0.1, -0.05) is 54.6 Å². The van der Waals surface area contributed by atoms with Crippen LogP contribution < -0.4 is 10.5 Å². The van der Waals surface area contributed by atoms with E-state index in [9.17, 15) is 18.0 Å². The van der Waals surface area contributed by atoms with E-state index in [1.807, 2.05) is 54.6 Å². The van der Waals surface area contributed by atoms with Gasteiger partial charge in [-0.25, -0.2) is 0 Å². The van der Waals surface area contributed by atoms with Gasteiger partial charge in [-0.05, 0) is 41.8 Å². The zero-order valence-electron chi connectivity index (χ0n) is 20.2. The van der Waals surface area contributed by atoms with Gasteiger partial charge in [-0.2, -0.15) is 13.2 Å². The molecule has 3 N–H and O–H groups in total. The highest BCUT2D eigenvalue weighted by Crippen LogP contribution is 2.39. The molecular weight excluding hydrogens is 485 g/mol. The Balaban J connectivity index is 1.58. The van der Waals surface area contributed by atoms with Gasteiger partial charge in [0.2, 0.25) is 0 Å². The first-order valence-electron chi connectivity index (χ1n) is 11.3. The molecule has 0 aliphatic rings. The Hall–Kier alpha value is -4.18. The molecule has 0 fully saturated rings. The summed E-state index contributed by atoms with van der Waals surface area (Å²) in [6.45, 7) is 1.42. The van der Waals surface area contributed by atoms with Crippen LogP contribution in [0.25, 0.3) is 22.5 Å². The van der Waals surface area contributed by atoms with Gasteiger partial charge < -0.3 is 20.1 Å². The number of rotatable bonds is 8. The zero-order chi connectivity index (χ0) is 26.8. The van der Waals surface area contributed by atoms with Crippen molar-refractivity contribution in [3.8, 4) is 28.3 Å². The van der Waals surface area contributed by atoms with Crippen LogP contribution in [0.2, 0.25) is 0 Å². The Kier molecular flexibility index (Phi) is 7.04. The normalized spacial score (nSPS) is 13.2. The largest absolute Gasteiger partial charge is 0.488 e. The smallest absolute Gasteiger partial charge is 0.419 e. The first-order valence-corrected chi connectivity index (χ1v) is 11.3. The van der Waals surface area contributed by atoms with Gasteiger partial charge in [0.15, 0.2) is 11.6 Å². The molecule has 0 aliphatic carbocycles. The molecule has 192 valence electrons. The van der Waals surface area contributed by atoms with Gasteiger partial charge in [0.05, 0.1) is 17.5 Å². The summed E-state index contributed by atoms with van der Waals surface area (Å²) in [5.74, 6) is -1.20. The zero-order valence-corrected chi connectivity index (χ0v) is 20.2. The predicted molar refractivity (Wildman–Crippen MR) is 131 cm³/mol. The van der Waals surface area contributed by atoms with Crippen molar-refractivity contribution in [2.24, 2.45) is 12.8 Å². The summed E-state index contributed by atoms with van der Waals surface area (Å²) in [6.07, 6.45) is -5.11. The van der Waals surface area contributed by atoms with E-state index in [0.29, 0.717) is 0 Å². The lowest BCUT2D eigenvalue weighted by atomic mass is 9.98. The van der Waals surface area contributed by atoms with Crippen LogP contribution in [0, 0.1) is 0 Å². The number of carboxylic acid groups (broad SMARTS) is 1. The lowest BCUT2D eigenvalue weighted by Gasteiger charge is -2.21. The van der Waals surface area contributed by atoms with Crippen molar-refractivity contribution in [2.45, 2.75) is 31.7 Å². The molecule has 1 atom stereocenters. The third-order valence-corrected chi connectivity index (χ3v) is 5.90. The molecule has 0 amide bonds. The van der Waals surface area contributed by atoms with Crippen molar-refractivity contribution in [3.05, 3.63) is 89.7 Å². The number of nitrogens with two attached hydrogens (primary N) is 1. The average Bonchev–Trinajstić information content (AvgIpc) is 3.24. The molecule has 0 spiro atoms. The number of aromatic nitrogens is 3. The fraction of sp³-hybridized carbons (Fsp3) is 0.222. The maximum absolute atomic E-state index is 13.9. The highest BCUT2D eigenvalue weighted by Gasteiger charge is 2.36. The Morgan fingerprint density at radius 1 is 0.973 bits per heavy atom. The van der Waals surface area contributed by atoms with Crippen LogP contribution >= 0.6 is 0 Å². The van der Waals surface area contributed by atoms with E-state index >= 15 is 0 Å². The number of hydrogen-bond acceptors (Lipinski definition) is 5. The molecule has 4 rings (SSSR count). The molecule has 37 heavy (non-hydrogen) atoms. The summed E-state index contributed by atoms with van der Waals surface area (Å²) in [5, 5.41) is 17.0. The second kappa shape index (κ2) is 10.1. The molecular formula is C27H25F3N4O3. The van der Waals surface area contributed by atoms with Gasteiger partial charge in [0.25, 0.3) is 0 Å². The molecule has 1 aromatic heterocycles. The van der Waals surface area contributed by atoms with Crippen LogP contribution in [0.4, 0.5) is 13.2 Å². The van der Waals surface area contributed by atoms with Crippen molar-refractivity contribution in [1.29, 1.82) is 0 Å². The Morgan fingerprint density at radius 2 is 1.59 bits per heavy atom. The number of aliphatic carboxylic acids is 1. The quantitative estimate of drug-likeness (QED) is 0.329. The van der Waals surface area contributed by atoms with Crippen LogP contribution in [-0.2, 0) is 30.2 Å². The number of carboxylic acids is 1. The molecule has 0 unspecified atom stereocenters. The van der Waals surface area contributed by atoms with Crippen LogP contribution in [0.5, 0.6) is 5.75 Å². The summed E-state index contributed by atoms with van der Waals surface area (Å²) in [6, 6.07) is 20.8. The van der Waals surface area contributed by atoms with E-state index in [4.69, 9.17) is 15.6 Å². The van der Waals surface area contributed by atoms with Crippen molar-refractivity contribution < 1.29 is 27.8 Å². The van der Waals surface area contributed by atoms with Gasteiger partial charge in [0, 0.05) is 12.6 Å². The first kappa shape index (κ1) is 25.9. The molecule has 0 radical (unpaired) electrons. The summed E-state index contributed by atoms with van der Waals surface area (Å²) in [4.78, 5) is 11.1. The van der Waals surface area contributed by atoms with Crippen molar-refractivity contribution >= 4 is 5.97 Å². The first-order chi connectivity index (χ1) is 17.5. The lowest BCUT2D eigenvalue weighted by Crippen LogP contribution is -2.38. The SMILES string of the molecule is Cn1c(-c2ccc(OCc3ccc(-c4ccccc4)cc3)c(C(F)(F)F)c2)nnc1[C@@](C)(N)CC(=O)O. The summed E-state index contributed by atoms with van der Waals surface area (Å²) < 4.78 is 48.8. The summed E-state index contributed by atoms with van der Waals surface area (Å²) in [5.41, 5.74) is 6.65.